The molecule has 0 spiro atoms. The van der Waals surface area contributed by atoms with E-state index in [1.165, 1.54) is 0 Å². The first-order valence-electron chi connectivity index (χ1n) is 7.61. The quantitative estimate of drug-likeness (QED) is 0.482. The molecule has 2 amide bonds. The predicted molar refractivity (Wildman–Crippen MR) is 99.1 cm³/mol. The summed E-state index contributed by atoms with van der Waals surface area (Å²) in [6.07, 6.45) is -3.97. The van der Waals surface area contributed by atoms with Crippen molar-refractivity contribution in [3.8, 4) is 0 Å². The van der Waals surface area contributed by atoms with Gasteiger partial charge in [0.15, 0.2) is 0 Å². The van der Waals surface area contributed by atoms with Crippen LogP contribution in [0.1, 0.15) is 11.4 Å². The molecule has 1 heterocycles. The molecule has 0 saturated heterocycles. The standard InChI is InChI=1S/C15H13ClF4N4O3S2/c1-7-5-8(2)22-13(21-7)23-14(25)24-29(26,27)11-6-9(3-4-10(11)16)28-15(19,20)12(17)18/h3-6,12H,1-2H3,(H2,21,22,23,24,25). The van der Waals surface area contributed by atoms with Crippen molar-refractivity contribution in [2.75, 3.05) is 5.32 Å². The van der Waals surface area contributed by atoms with Gasteiger partial charge in [-0.25, -0.2) is 36.7 Å². The maximum Gasteiger partial charge on any atom is 0.357 e. The fourth-order valence-corrected chi connectivity index (χ4v) is 4.27. The number of hydrogen-bond donors (Lipinski definition) is 2. The molecule has 0 bridgehead atoms. The molecule has 0 radical (unpaired) electrons. The lowest BCUT2D eigenvalue weighted by Gasteiger charge is -2.15. The molecular formula is C15H13ClF4N4O3S2. The molecule has 29 heavy (non-hydrogen) atoms. The third-order valence-electron chi connectivity index (χ3n) is 3.13. The third kappa shape index (κ3) is 6.18. The number of thioether (sulfide) groups is 1. The number of aromatic nitrogens is 2. The maximum absolute atomic E-state index is 13.2. The minimum Gasteiger partial charge on any atom is -0.275 e. The molecule has 158 valence electrons. The lowest BCUT2D eigenvalue weighted by atomic mass is 10.4. The van der Waals surface area contributed by atoms with Crippen LogP contribution in [-0.2, 0) is 10.0 Å². The summed E-state index contributed by atoms with van der Waals surface area (Å²) in [5.74, 6) is -0.165. The highest BCUT2D eigenvalue weighted by Gasteiger charge is 2.42. The molecule has 0 atom stereocenters. The number of nitrogens with one attached hydrogen (secondary N) is 2. The molecule has 1 aromatic heterocycles. The number of urea groups is 1. The SMILES string of the molecule is Cc1cc(C)nc(NC(=O)NS(=O)(=O)c2cc(SC(F)(F)C(F)F)ccc2Cl)n1. The number of carbonyl (C=O) groups excluding carboxylic acids is 1. The van der Waals surface area contributed by atoms with Gasteiger partial charge in [0.05, 0.1) is 5.02 Å². The second-order valence-electron chi connectivity index (χ2n) is 5.59. The van der Waals surface area contributed by atoms with Crippen molar-refractivity contribution in [2.45, 2.75) is 35.3 Å². The Morgan fingerprint density at radius 3 is 2.31 bits per heavy atom. The second-order valence-corrected chi connectivity index (χ2v) is 8.87. The van der Waals surface area contributed by atoms with Gasteiger partial charge in [-0.15, -0.1) is 0 Å². The minimum atomic E-state index is -4.62. The van der Waals surface area contributed by atoms with Crippen LogP contribution in [-0.4, -0.2) is 36.1 Å². The molecule has 0 aliphatic rings. The first-order chi connectivity index (χ1) is 13.3. The average Bonchev–Trinajstić information content (AvgIpc) is 2.54. The van der Waals surface area contributed by atoms with Gasteiger partial charge in [-0.1, -0.05) is 11.6 Å². The molecule has 2 rings (SSSR count). The van der Waals surface area contributed by atoms with Gasteiger partial charge in [0.1, 0.15) is 4.90 Å². The van der Waals surface area contributed by atoms with Gasteiger partial charge >= 0.3 is 17.7 Å². The topological polar surface area (TPSA) is 101 Å². The summed E-state index contributed by atoms with van der Waals surface area (Å²) < 4.78 is 77.6. The number of alkyl halides is 4. The van der Waals surface area contributed by atoms with Crippen LogP contribution in [0, 0.1) is 13.8 Å². The molecule has 0 aliphatic carbocycles. The molecule has 7 nitrogen and oxygen atoms in total. The van der Waals surface area contributed by atoms with Crippen LogP contribution < -0.4 is 10.0 Å². The Morgan fingerprint density at radius 1 is 1.17 bits per heavy atom. The van der Waals surface area contributed by atoms with Crippen molar-refractivity contribution in [1.82, 2.24) is 14.7 Å². The number of rotatable bonds is 6. The third-order valence-corrected chi connectivity index (χ3v) is 5.89. The van der Waals surface area contributed by atoms with Gasteiger partial charge < -0.3 is 0 Å². The summed E-state index contributed by atoms with van der Waals surface area (Å²) in [6.45, 7) is 3.26. The molecule has 2 aromatic rings. The van der Waals surface area contributed by atoms with Crippen LogP contribution >= 0.6 is 23.4 Å². The van der Waals surface area contributed by atoms with E-state index in [-0.39, 0.29) is 5.95 Å². The summed E-state index contributed by atoms with van der Waals surface area (Å²) >= 11 is 5.24. The number of nitrogens with zero attached hydrogens (tertiary/aromatic N) is 2. The molecular weight excluding hydrogens is 460 g/mol. The summed E-state index contributed by atoms with van der Waals surface area (Å²) in [7, 11) is -4.62. The molecule has 2 N–H and O–H groups in total. The molecule has 14 heteroatoms. The number of benzene rings is 1. The largest absolute Gasteiger partial charge is 0.357 e. The lowest BCUT2D eigenvalue weighted by molar-refractivity contribution is -0.0563. The fraction of sp³-hybridized carbons (Fsp3) is 0.267. The first-order valence-corrected chi connectivity index (χ1v) is 10.3. The fourth-order valence-electron chi connectivity index (χ4n) is 2.04. The van der Waals surface area contributed by atoms with Crippen molar-refractivity contribution in [1.29, 1.82) is 0 Å². The number of hydrogen-bond acceptors (Lipinski definition) is 6. The van der Waals surface area contributed by atoms with Gasteiger partial charge in [-0.3, -0.25) is 5.32 Å². The van der Waals surface area contributed by atoms with E-state index in [9.17, 15) is 30.8 Å². The highest BCUT2D eigenvalue weighted by molar-refractivity contribution is 8.00. The Bertz CT molecular complexity index is 1020. The zero-order valence-electron chi connectivity index (χ0n) is 14.7. The summed E-state index contributed by atoms with van der Waals surface area (Å²) in [4.78, 5) is 18.6. The summed E-state index contributed by atoms with van der Waals surface area (Å²) in [5.41, 5.74) is 1.03. The van der Waals surface area contributed by atoms with Crippen LogP contribution in [0.4, 0.5) is 28.3 Å². The van der Waals surface area contributed by atoms with E-state index in [1.807, 2.05) is 0 Å². The Morgan fingerprint density at radius 2 is 1.76 bits per heavy atom. The lowest BCUT2D eigenvalue weighted by Crippen LogP contribution is -2.35. The van der Waals surface area contributed by atoms with Gasteiger partial charge in [-0.2, -0.15) is 8.78 Å². The van der Waals surface area contributed by atoms with Crippen molar-refractivity contribution in [3.05, 3.63) is 40.7 Å². The highest BCUT2D eigenvalue weighted by Crippen LogP contribution is 2.41. The van der Waals surface area contributed by atoms with E-state index in [0.29, 0.717) is 17.5 Å². The Hall–Kier alpha value is -2.12. The molecule has 0 unspecified atom stereocenters. The number of aryl methyl sites for hydroxylation is 2. The molecule has 0 fully saturated rings. The molecule has 1 aromatic carbocycles. The highest BCUT2D eigenvalue weighted by atomic mass is 35.5. The summed E-state index contributed by atoms with van der Waals surface area (Å²) in [5, 5.41) is -2.73. The van der Waals surface area contributed by atoms with Crippen molar-refractivity contribution >= 4 is 45.4 Å². The number of halogens is 5. The monoisotopic (exact) mass is 472 g/mol. The van der Waals surface area contributed by atoms with Gasteiger partial charge in [0.25, 0.3) is 10.0 Å². The van der Waals surface area contributed by atoms with E-state index in [0.717, 1.165) is 12.1 Å². The molecule has 0 saturated carbocycles. The number of carbonyl (C=O) groups is 1. The van der Waals surface area contributed by atoms with Crippen LogP contribution in [0.2, 0.25) is 5.02 Å². The number of amides is 2. The van der Waals surface area contributed by atoms with Gasteiger partial charge in [0, 0.05) is 16.3 Å². The number of sulfonamides is 1. The zero-order chi connectivity index (χ0) is 22.0. The Kier molecular flexibility index (Phi) is 6.96. The minimum absolute atomic E-state index is 0.165. The van der Waals surface area contributed by atoms with Crippen LogP contribution in [0.3, 0.4) is 0 Å². The normalized spacial score (nSPS) is 12.1. The smallest absolute Gasteiger partial charge is 0.275 e. The van der Waals surface area contributed by atoms with E-state index in [2.05, 4.69) is 15.3 Å². The second kappa shape index (κ2) is 8.71. The van der Waals surface area contributed by atoms with E-state index < -0.39 is 54.3 Å². The Labute approximate surface area is 172 Å². The van der Waals surface area contributed by atoms with E-state index >= 15 is 0 Å². The van der Waals surface area contributed by atoms with Crippen LogP contribution in [0.25, 0.3) is 0 Å². The van der Waals surface area contributed by atoms with Crippen molar-refractivity contribution < 1.29 is 30.8 Å². The van der Waals surface area contributed by atoms with Crippen LogP contribution in [0.15, 0.2) is 34.1 Å². The maximum atomic E-state index is 13.2. The van der Waals surface area contributed by atoms with Gasteiger partial charge in [-0.05, 0) is 49.9 Å². The first kappa shape index (κ1) is 23.2. The summed E-state index contributed by atoms with van der Waals surface area (Å²) in [6, 6.07) is 2.93. The van der Waals surface area contributed by atoms with Crippen molar-refractivity contribution in [3.63, 3.8) is 0 Å². The van der Waals surface area contributed by atoms with E-state index in [4.69, 9.17) is 11.6 Å². The van der Waals surface area contributed by atoms with Crippen molar-refractivity contribution in [2.24, 2.45) is 0 Å². The van der Waals surface area contributed by atoms with E-state index in [1.54, 1.807) is 24.6 Å². The predicted octanol–water partition coefficient (Wildman–Crippen LogP) is 4.21. The van der Waals surface area contributed by atoms with Crippen LogP contribution in [0.5, 0.6) is 0 Å². The zero-order valence-corrected chi connectivity index (χ0v) is 17.1. The Balaban J connectivity index is 2.23. The molecule has 0 aliphatic heterocycles. The van der Waals surface area contributed by atoms with Gasteiger partial charge in [0.2, 0.25) is 5.95 Å². The average molecular weight is 473 g/mol. The number of anilines is 1.